The van der Waals surface area contributed by atoms with Gasteiger partial charge in [0.25, 0.3) is 0 Å². The van der Waals surface area contributed by atoms with Gasteiger partial charge in [0, 0.05) is 23.5 Å². The molecule has 3 rings (SSSR count). The number of hydrogen-bond acceptors (Lipinski definition) is 6. The lowest BCUT2D eigenvalue weighted by molar-refractivity contribution is -0.136. The molecule has 2 heterocycles. The summed E-state index contributed by atoms with van der Waals surface area (Å²) in [4.78, 5) is 19.2. The minimum absolute atomic E-state index is 0.0297. The molecule has 1 aromatic carbocycles. The predicted molar refractivity (Wildman–Crippen MR) is 107 cm³/mol. The van der Waals surface area contributed by atoms with Crippen LogP contribution in [0, 0.1) is 0 Å². The lowest BCUT2D eigenvalue weighted by Gasteiger charge is -2.25. The van der Waals surface area contributed by atoms with Gasteiger partial charge < -0.3 is 19.5 Å². The van der Waals surface area contributed by atoms with Crippen molar-refractivity contribution in [2.45, 2.75) is 39.5 Å². The van der Waals surface area contributed by atoms with Crippen LogP contribution in [0.5, 0.6) is 11.5 Å². The van der Waals surface area contributed by atoms with Crippen molar-refractivity contribution < 1.29 is 19.4 Å². The molecule has 1 N–H and O–H groups in total. The van der Waals surface area contributed by atoms with Crippen molar-refractivity contribution in [2.75, 3.05) is 31.2 Å². The van der Waals surface area contributed by atoms with Gasteiger partial charge in [0.2, 0.25) is 0 Å². The minimum atomic E-state index is -0.846. The zero-order valence-corrected chi connectivity index (χ0v) is 16.7. The normalized spacial score (nSPS) is 14.2. The minimum Gasteiger partial charge on any atom is -0.490 e. The third-order valence-electron chi connectivity index (χ3n) is 4.44. The molecule has 6 nitrogen and oxygen atoms in total. The van der Waals surface area contributed by atoms with Crippen molar-refractivity contribution in [1.29, 1.82) is 0 Å². The van der Waals surface area contributed by atoms with Gasteiger partial charge in [0.1, 0.15) is 0 Å². The first-order valence-corrected chi connectivity index (χ1v) is 10.3. The molecular weight excluding hydrogens is 364 g/mol. The molecule has 146 valence electrons. The molecule has 0 saturated carbocycles. The molecule has 1 aliphatic rings. The third-order valence-corrected chi connectivity index (χ3v) is 5.56. The van der Waals surface area contributed by atoms with E-state index in [1.165, 1.54) is 17.8 Å². The standard InChI is InChI=1S/C20H26N2O4S/c1-3-25-15-9-8-14(12-16(15)26-4-2)19-17(13-18(23)24)27-20(21-19)22-10-6-5-7-11-22/h8-9,12H,3-7,10-11,13H2,1-2H3,(H,23,24). The van der Waals surface area contributed by atoms with Gasteiger partial charge in [-0.2, -0.15) is 0 Å². The van der Waals surface area contributed by atoms with Crippen molar-refractivity contribution in [2.24, 2.45) is 0 Å². The summed E-state index contributed by atoms with van der Waals surface area (Å²) in [5.74, 6) is 0.501. The third kappa shape index (κ3) is 4.71. The summed E-state index contributed by atoms with van der Waals surface area (Å²) in [5.41, 5.74) is 1.59. The number of aliphatic carboxylic acids is 1. The summed E-state index contributed by atoms with van der Waals surface area (Å²) in [5, 5.41) is 10.2. The summed E-state index contributed by atoms with van der Waals surface area (Å²) in [7, 11) is 0. The highest BCUT2D eigenvalue weighted by Crippen LogP contribution is 2.38. The maximum Gasteiger partial charge on any atom is 0.308 e. The molecule has 1 saturated heterocycles. The van der Waals surface area contributed by atoms with Crippen molar-refractivity contribution in [3.8, 4) is 22.8 Å². The van der Waals surface area contributed by atoms with Crippen molar-refractivity contribution in [1.82, 2.24) is 4.98 Å². The summed E-state index contributed by atoms with van der Waals surface area (Å²) in [6.45, 7) is 6.90. The van der Waals surface area contributed by atoms with Crippen LogP contribution in [0.4, 0.5) is 5.13 Å². The summed E-state index contributed by atoms with van der Waals surface area (Å²) >= 11 is 1.48. The summed E-state index contributed by atoms with van der Waals surface area (Å²) in [6.07, 6.45) is 3.52. The Balaban J connectivity index is 1.99. The number of piperidine rings is 1. The van der Waals surface area contributed by atoms with Gasteiger partial charge >= 0.3 is 5.97 Å². The second-order valence-corrected chi connectivity index (χ2v) is 7.48. The highest BCUT2D eigenvalue weighted by atomic mass is 32.1. The van der Waals surface area contributed by atoms with E-state index in [2.05, 4.69) is 4.90 Å². The molecule has 0 spiro atoms. The Labute approximate surface area is 163 Å². The fraction of sp³-hybridized carbons (Fsp3) is 0.500. The molecule has 1 aromatic heterocycles. The zero-order chi connectivity index (χ0) is 19.2. The molecule has 0 atom stereocenters. The Morgan fingerprint density at radius 2 is 1.85 bits per heavy atom. The van der Waals surface area contributed by atoms with E-state index >= 15 is 0 Å². The fourth-order valence-corrected chi connectivity index (χ4v) is 4.37. The maximum absolute atomic E-state index is 11.4. The smallest absolute Gasteiger partial charge is 0.308 e. The number of ether oxygens (including phenoxy) is 2. The van der Waals surface area contributed by atoms with E-state index in [1.807, 2.05) is 32.0 Å². The molecular formula is C20H26N2O4S. The number of benzene rings is 1. The van der Waals surface area contributed by atoms with E-state index in [4.69, 9.17) is 14.5 Å². The summed E-state index contributed by atoms with van der Waals surface area (Å²) in [6, 6.07) is 5.69. The van der Waals surface area contributed by atoms with Crippen LogP contribution in [0.15, 0.2) is 18.2 Å². The first kappa shape index (κ1) is 19.5. The fourth-order valence-electron chi connectivity index (χ4n) is 3.24. The number of rotatable bonds is 8. The van der Waals surface area contributed by atoms with Crippen molar-refractivity contribution in [3.63, 3.8) is 0 Å². The Kier molecular flexibility index (Phi) is 6.55. The van der Waals surface area contributed by atoms with Gasteiger partial charge in [-0.1, -0.05) is 0 Å². The number of hydrogen-bond donors (Lipinski definition) is 1. The largest absolute Gasteiger partial charge is 0.490 e. The van der Waals surface area contributed by atoms with Crippen molar-refractivity contribution >= 4 is 22.4 Å². The van der Waals surface area contributed by atoms with Crippen LogP contribution in [0.2, 0.25) is 0 Å². The second-order valence-electron chi connectivity index (χ2n) is 6.41. The predicted octanol–water partition coefficient (Wildman–Crippen LogP) is 4.22. The van der Waals surface area contributed by atoms with Gasteiger partial charge in [-0.25, -0.2) is 4.98 Å². The average Bonchev–Trinajstić information content (AvgIpc) is 3.07. The Hall–Kier alpha value is -2.28. The quantitative estimate of drug-likeness (QED) is 0.727. The molecule has 1 aliphatic heterocycles. The van der Waals surface area contributed by atoms with E-state index in [0.717, 1.165) is 47.2 Å². The van der Waals surface area contributed by atoms with E-state index in [0.29, 0.717) is 24.7 Å². The molecule has 27 heavy (non-hydrogen) atoms. The number of thiazole rings is 1. The second kappa shape index (κ2) is 9.08. The van der Waals surface area contributed by atoms with Crippen LogP contribution in [-0.2, 0) is 11.2 Å². The Morgan fingerprint density at radius 1 is 1.15 bits per heavy atom. The number of nitrogens with zero attached hydrogens (tertiary/aromatic N) is 2. The number of carboxylic acids is 1. The van der Waals surface area contributed by atoms with Crippen LogP contribution in [0.1, 0.15) is 38.0 Å². The Morgan fingerprint density at radius 3 is 2.52 bits per heavy atom. The first-order chi connectivity index (χ1) is 13.1. The first-order valence-electron chi connectivity index (χ1n) is 9.48. The molecule has 0 aliphatic carbocycles. The number of carbonyl (C=O) groups is 1. The number of anilines is 1. The molecule has 0 unspecified atom stereocenters. The van der Waals surface area contributed by atoms with E-state index in [1.54, 1.807) is 0 Å². The average molecular weight is 391 g/mol. The molecule has 7 heteroatoms. The molecule has 2 aromatic rings. The van der Waals surface area contributed by atoms with E-state index in [-0.39, 0.29) is 6.42 Å². The topological polar surface area (TPSA) is 71.9 Å². The molecule has 1 fully saturated rings. The van der Waals surface area contributed by atoms with Crippen LogP contribution in [-0.4, -0.2) is 42.4 Å². The van der Waals surface area contributed by atoms with Crippen LogP contribution in [0.25, 0.3) is 11.3 Å². The van der Waals surface area contributed by atoms with Crippen LogP contribution >= 0.6 is 11.3 Å². The van der Waals surface area contributed by atoms with Gasteiger partial charge in [-0.15, -0.1) is 11.3 Å². The van der Waals surface area contributed by atoms with Gasteiger partial charge in [-0.3, -0.25) is 4.79 Å². The highest BCUT2D eigenvalue weighted by Gasteiger charge is 2.21. The van der Waals surface area contributed by atoms with Crippen LogP contribution in [0.3, 0.4) is 0 Å². The monoisotopic (exact) mass is 390 g/mol. The van der Waals surface area contributed by atoms with Crippen LogP contribution < -0.4 is 14.4 Å². The van der Waals surface area contributed by atoms with Gasteiger partial charge in [0.05, 0.1) is 25.3 Å². The van der Waals surface area contributed by atoms with Crippen molar-refractivity contribution in [3.05, 3.63) is 23.1 Å². The molecule has 0 radical (unpaired) electrons. The van der Waals surface area contributed by atoms with Gasteiger partial charge in [0.15, 0.2) is 16.6 Å². The number of aromatic nitrogens is 1. The number of carboxylic acid groups (broad SMARTS) is 1. The van der Waals surface area contributed by atoms with Gasteiger partial charge in [-0.05, 0) is 51.3 Å². The maximum atomic E-state index is 11.4. The van der Waals surface area contributed by atoms with E-state index in [9.17, 15) is 9.90 Å². The molecule has 0 bridgehead atoms. The molecule has 0 amide bonds. The highest BCUT2D eigenvalue weighted by molar-refractivity contribution is 7.16. The van der Waals surface area contributed by atoms with E-state index < -0.39 is 5.97 Å². The zero-order valence-electron chi connectivity index (χ0n) is 15.9. The Bertz CT molecular complexity index is 784. The summed E-state index contributed by atoms with van der Waals surface area (Å²) < 4.78 is 11.4. The lowest BCUT2D eigenvalue weighted by atomic mass is 10.1. The lowest BCUT2D eigenvalue weighted by Crippen LogP contribution is -2.29. The SMILES string of the molecule is CCOc1ccc(-c2nc(N3CCCCC3)sc2CC(=O)O)cc1OCC.